The van der Waals surface area contributed by atoms with E-state index in [1.165, 1.54) is 11.1 Å². The standard InChI is InChI=1S/C17H21F3N4S/c1-11-5-4-6-13(7-11)12(2)8-22-16(21-3)23-9-15-24-14(10-25-15)17(18,19)20/h4-7,10,12H,8-9H2,1-3H3,(H2,21,22,23). The summed E-state index contributed by atoms with van der Waals surface area (Å²) in [5.41, 5.74) is 1.57. The number of aryl methyl sites for hydroxylation is 1. The molecule has 4 nitrogen and oxygen atoms in total. The fourth-order valence-electron chi connectivity index (χ4n) is 2.25. The van der Waals surface area contributed by atoms with Crippen molar-refractivity contribution in [2.45, 2.75) is 32.5 Å². The van der Waals surface area contributed by atoms with E-state index in [-0.39, 0.29) is 12.5 Å². The van der Waals surface area contributed by atoms with Gasteiger partial charge >= 0.3 is 6.18 Å². The van der Waals surface area contributed by atoms with Crippen molar-refractivity contribution in [1.29, 1.82) is 0 Å². The Morgan fingerprint density at radius 3 is 2.68 bits per heavy atom. The highest BCUT2D eigenvalue weighted by atomic mass is 32.1. The number of aliphatic imine (C=N–C) groups is 1. The van der Waals surface area contributed by atoms with E-state index in [1.807, 2.05) is 19.1 Å². The maximum atomic E-state index is 12.6. The Morgan fingerprint density at radius 1 is 1.32 bits per heavy atom. The van der Waals surface area contributed by atoms with Crippen LogP contribution in [0, 0.1) is 6.92 Å². The number of hydrogen-bond donors (Lipinski definition) is 2. The second kappa shape index (κ2) is 8.33. The van der Waals surface area contributed by atoms with E-state index in [0.29, 0.717) is 17.5 Å². The number of guanidine groups is 1. The van der Waals surface area contributed by atoms with Crippen LogP contribution in [-0.2, 0) is 12.7 Å². The van der Waals surface area contributed by atoms with Gasteiger partial charge in [0.2, 0.25) is 0 Å². The first-order valence-corrected chi connectivity index (χ1v) is 8.70. The topological polar surface area (TPSA) is 49.3 Å². The van der Waals surface area contributed by atoms with Crippen molar-refractivity contribution in [1.82, 2.24) is 15.6 Å². The van der Waals surface area contributed by atoms with Crippen molar-refractivity contribution >= 4 is 17.3 Å². The van der Waals surface area contributed by atoms with Crippen molar-refractivity contribution in [2.24, 2.45) is 4.99 Å². The molecular weight excluding hydrogens is 349 g/mol. The molecule has 1 heterocycles. The lowest BCUT2D eigenvalue weighted by Crippen LogP contribution is -2.38. The molecule has 1 unspecified atom stereocenters. The molecule has 0 spiro atoms. The summed E-state index contributed by atoms with van der Waals surface area (Å²) in [6, 6.07) is 8.28. The summed E-state index contributed by atoms with van der Waals surface area (Å²) in [6.07, 6.45) is -4.40. The van der Waals surface area contributed by atoms with Gasteiger partial charge in [0.15, 0.2) is 11.7 Å². The van der Waals surface area contributed by atoms with Crippen LogP contribution in [0.1, 0.15) is 34.7 Å². The average Bonchev–Trinajstić information content (AvgIpc) is 3.04. The fourth-order valence-corrected chi connectivity index (χ4v) is 2.99. The summed E-state index contributed by atoms with van der Waals surface area (Å²) in [6.45, 7) is 5.01. The van der Waals surface area contributed by atoms with Crippen LogP contribution in [0.3, 0.4) is 0 Å². The number of benzene rings is 1. The molecule has 0 saturated heterocycles. The molecule has 0 amide bonds. The van der Waals surface area contributed by atoms with E-state index in [9.17, 15) is 13.2 Å². The third-order valence-corrected chi connectivity index (χ3v) is 4.51. The van der Waals surface area contributed by atoms with E-state index in [0.717, 1.165) is 16.7 Å². The molecular formula is C17H21F3N4S. The molecule has 2 rings (SSSR count). The Kier molecular flexibility index (Phi) is 6.41. The highest BCUT2D eigenvalue weighted by Crippen LogP contribution is 2.29. The predicted molar refractivity (Wildman–Crippen MR) is 94.9 cm³/mol. The molecule has 0 bridgehead atoms. The van der Waals surface area contributed by atoms with E-state index < -0.39 is 11.9 Å². The van der Waals surface area contributed by atoms with Crippen LogP contribution >= 0.6 is 11.3 Å². The first-order chi connectivity index (χ1) is 11.8. The summed E-state index contributed by atoms with van der Waals surface area (Å²) in [7, 11) is 1.62. The molecule has 2 aromatic rings. The van der Waals surface area contributed by atoms with Gasteiger partial charge < -0.3 is 10.6 Å². The normalized spacial score (nSPS) is 13.6. The molecule has 0 radical (unpaired) electrons. The minimum Gasteiger partial charge on any atom is -0.356 e. The smallest absolute Gasteiger partial charge is 0.356 e. The van der Waals surface area contributed by atoms with Gasteiger partial charge in [0.25, 0.3) is 0 Å². The van der Waals surface area contributed by atoms with E-state index in [4.69, 9.17) is 0 Å². The van der Waals surface area contributed by atoms with Gasteiger partial charge in [-0.3, -0.25) is 4.99 Å². The Hall–Kier alpha value is -2.09. The van der Waals surface area contributed by atoms with Gasteiger partial charge in [0.1, 0.15) is 5.01 Å². The molecule has 0 aliphatic carbocycles. The van der Waals surface area contributed by atoms with Crippen LogP contribution in [0.25, 0.3) is 0 Å². The van der Waals surface area contributed by atoms with Crippen LogP contribution < -0.4 is 10.6 Å². The lowest BCUT2D eigenvalue weighted by molar-refractivity contribution is -0.140. The monoisotopic (exact) mass is 370 g/mol. The van der Waals surface area contributed by atoms with Crippen LogP contribution in [0.2, 0.25) is 0 Å². The number of aromatic nitrogens is 1. The highest BCUT2D eigenvalue weighted by molar-refractivity contribution is 7.09. The quantitative estimate of drug-likeness (QED) is 0.619. The summed E-state index contributed by atoms with van der Waals surface area (Å²) in [5.74, 6) is 0.804. The minimum absolute atomic E-state index is 0.194. The van der Waals surface area contributed by atoms with E-state index in [1.54, 1.807) is 7.05 Å². The van der Waals surface area contributed by atoms with Gasteiger partial charge in [-0.05, 0) is 18.4 Å². The van der Waals surface area contributed by atoms with Crippen LogP contribution in [0.4, 0.5) is 13.2 Å². The molecule has 25 heavy (non-hydrogen) atoms. The van der Waals surface area contributed by atoms with Crippen LogP contribution in [0.15, 0.2) is 34.6 Å². The summed E-state index contributed by atoms with van der Waals surface area (Å²) < 4.78 is 37.7. The summed E-state index contributed by atoms with van der Waals surface area (Å²) in [4.78, 5) is 7.68. The molecule has 8 heteroatoms. The molecule has 2 N–H and O–H groups in total. The third kappa shape index (κ3) is 5.74. The third-order valence-electron chi connectivity index (χ3n) is 3.66. The van der Waals surface area contributed by atoms with Gasteiger partial charge in [-0.25, -0.2) is 4.98 Å². The highest BCUT2D eigenvalue weighted by Gasteiger charge is 2.33. The Balaban J connectivity index is 1.85. The molecule has 1 aromatic heterocycles. The van der Waals surface area contributed by atoms with Crippen molar-refractivity contribution in [2.75, 3.05) is 13.6 Å². The molecule has 1 atom stereocenters. The van der Waals surface area contributed by atoms with Crippen molar-refractivity contribution < 1.29 is 13.2 Å². The van der Waals surface area contributed by atoms with Crippen LogP contribution in [-0.4, -0.2) is 24.5 Å². The molecule has 136 valence electrons. The van der Waals surface area contributed by atoms with Crippen molar-refractivity contribution in [3.05, 3.63) is 51.5 Å². The zero-order valence-electron chi connectivity index (χ0n) is 14.3. The Bertz CT molecular complexity index is 725. The Morgan fingerprint density at radius 2 is 2.08 bits per heavy atom. The molecule has 0 fully saturated rings. The number of thiazole rings is 1. The predicted octanol–water partition coefficient (Wildman–Crippen LogP) is 3.94. The fraction of sp³-hybridized carbons (Fsp3) is 0.412. The number of halogens is 3. The first kappa shape index (κ1) is 19.2. The second-order valence-corrected chi connectivity index (χ2v) is 6.69. The van der Waals surface area contributed by atoms with Crippen LogP contribution in [0.5, 0.6) is 0 Å². The molecule has 1 aromatic carbocycles. The number of alkyl halides is 3. The van der Waals surface area contributed by atoms with Crippen molar-refractivity contribution in [3.63, 3.8) is 0 Å². The van der Waals surface area contributed by atoms with Gasteiger partial charge in [0.05, 0.1) is 6.54 Å². The maximum Gasteiger partial charge on any atom is 0.434 e. The molecule has 0 aliphatic heterocycles. The number of nitrogens with zero attached hydrogens (tertiary/aromatic N) is 2. The lowest BCUT2D eigenvalue weighted by atomic mass is 9.99. The molecule has 0 aliphatic rings. The minimum atomic E-state index is -4.40. The summed E-state index contributed by atoms with van der Waals surface area (Å²) in [5, 5.41) is 7.56. The SMILES string of the molecule is CN=C(NCc1nc(C(F)(F)F)cs1)NCC(C)c1cccc(C)c1. The number of nitrogens with one attached hydrogen (secondary N) is 2. The molecule has 0 saturated carbocycles. The number of hydrogen-bond acceptors (Lipinski definition) is 3. The Labute approximate surface area is 149 Å². The van der Waals surface area contributed by atoms with Gasteiger partial charge in [0, 0.05) is 19.0 Å². The largest absolute Gasteiger partial charge is 0.434 e. The zero-order chi connectivity index (χ0) is 18.4. The van der Waals surface area contributed by atoms with Crippen molar-refractivity contribution in [3.8, 4) is 0 Å². The van der Waals surface area contributed by atoms with Gasteiger partial charge in [-0.1, -0.05) is 36.8 Å². The zero-order valence-corrected chi connectivity index (χ0v) is 15.1. The van der Waals surface area contributed by atoms with E-state index in [2.05, 4.69) is 39.7 Å². The number of rotatable bonds is 5. The van der Waals surface area contributed by atoms with E-state index >= 15 is 0 Å². The van der Waals surface area contributed by atoms with Gasteiger partial charge in [-0.15, -0.1) is 11.3 Å². The lowest BCUT2D eigenvalue weighted by Gasteiger charge is -2.16. The second-order valence-electron chi connectivity index (χ2n) is 5.75. The first-order valence-electron chi connectivity index (χ1n) is 7.82. The van der Waals surface area contributed by atoms with Gasteiger partial charge in [-0.2, -0.15) is 13.2 Å². The maximum absolute atomic E-state index is 12.6. The summed E-state index contributed by atoms with van der Waals surface area (Å²) >= 11 is 0.975. The average molecular weight is 370 g/mol.